The van der Waals surface area contributed by atoms with Gasteiger partial charge in [0.25, 0.3) is 0 Å². The summed E-state index contributed by atoms with van der Waals surface area (Å²) in [6, 6.07) is 0. The number of carbonyl (C=O) groups excluding carboxylic acids is 1. The molecule has 1 amide bonds. The second-order valence-electron chi connectivity index (χ2n) is 2.86. The quantitative estimate of drug-likeness (QED) is 0.423. The molecule has 78 valence electrons. The number of carbonyl (C=O) groups is 1. The van der Waals surface area contributed by atoms with Crippen LogP contribution in [0, 0.1) is 0 Å². The van der Waals surface area contributed by atoms with Gasteiger partial charge in [0.15, 0.2) is 0 Å². The molecule has 0 bridgehead atoms. The van der Waals surface area contributed by atoms with Crippen LogP contribution >= 0.6 is 0 Å². The van der Waals surface area contributed by atoms with E-state index in [2.05, 4.69) is 10.1 Å². The normalized spacial score (nSPS) is 11.1. The van der Waals surface area contributed by atoms with E-state index in [0.29, 0.717) is 0 Å². The Labute approximate surface area is 76.1 Å². The lowest BCUT2D eigenvalue weighted by molar-refractivity contribution is 0.0762. The lowest BCUT2D eigenvalue weighted by Crippen LogP contribution is -2.52. The Morgan fingerprint density at radius 2 is 1.92 bits per heavy atom. The van der Waals surface area contributed by atoms with E-state index in [1.54, 1.807) is 0 Å². The number of ether oxygens (including phenoxy) is 1. The molecule has 6 nitrogen and oxygen atoms in total. The fraction of sp³-hybridized carbons (Fsp3) is 0.857. The average molecular weight is 193 g/mol. The molecule has 0 radical (unpaired) electrons. The maximum atomic E-state index is 10.9. The van der Waals surface area contributed by atoms with Crippen molar-refractivity contribution in [2.75, 3.05) is 26.4 Å². The number of aliphatic hydroxyl groups excluding tert-OH is 3. The highest BCUT2D eigenvalue weighted by Crippen LogP contribution is 2.00. The zero-order valence-corrected chi connectivity index (χ0v) is 7.49. The van der Waals surface area contributed by atoms with Crippen molar-refractivity contribution in [1.82, 2.24) is 5.32 Å². The molecule has 4 N–H and O–H groups in total. The highest BCUT2D eigenvalue weighted by molar-refractivity contribution is 5.68. The Morgan fingerprint density at radius 1 is 1.38 bits per heavy atom. The van der Waals surface area contributed by atoms with Gasteiger partial charge in [-0.3, -0.25) is 0 Å². The van der Waals surface area contributed by atoms with Crippen LogP contribution in [0.1, 0.15) is 6.92 Å². The van der Waals surface area contributed by atoms with Crippen LogP contribution in [0.4, 0.5) is 4.79 Å². The molecule has 0 aliphatic heterocycles. The lowest BCUT2D eigenvalue weighted by Gasteiger charge is -2.25. The van der Waals surface area contributed by atoms with Gasteiger partial charge < -0.3 is 25.4 Å². The van der Waals surface area contributed by atoms with E-state index >= 15 is 0 Å². The molecule has 0 unspecified atom stereocenters. The van der Waals surface area contributed by atoms with Crippen LogP contribution in [0.5, 0.6) is 0 Å². The van der Waals surface area contributed by atoms with Gasteiger partial charge in [-0.15, -0.1) is 0 Å². The fourth-order valence-electron chi connectivity index (χ4n) is 0.550. The molecule has 0 heterocycles. The van der Waals surface area contributed by atoms with E-state index in [0.717, 1.165) is 0 Å². The number of aliphatic hydroxyl groups is 3. The predicted octanol–water partition coefficient (Wildman–Crippen LogP) is -1.55. The van der Waals surface area contributed by atoms with Crippen LogP contribution in [0.3, 0.4) is 0 Å². The molecule has 0 spiro atoms. The summed E-state index contributed by atoms with van der Waals surface area (Å²) in [4.78, 5) is 10.9. The summed E-state index contributed by atoms with van der Waals surface area (Å²) >= 11 is 0. The van der Waals surface area contributed by atoms with Gasteiger partial charge in [-0.2, -0.15) is 0 Å². The Hall–Kier alpha value is -0.850. The largest absolute Gasteiger partial charge is 0.447 e. The van der Waals surface area contributed by atoms with Crippen LogP contribution in [-0.4, -0.2) is 53.4 Å². The maximum absolute atomic E-state index is 10.9. The Balaban J connectivity index is 3.87. The van der Waals surface area contributed by atoms with Gasteiger partial charge in [-0.25, -0.2) is 4.79 Å². The highest BCUT2D eigenvalue weighted by Gasteiger charge is 2.24. The molecule has 6 heteroatoms. The van der Waals surface area contributed by atoms with Gasteiger partial charge >= 0.3 is 6.09 Å². The Kier molecular flexibility index (Phi) is 5.36. The van der Waals surface area contributed by atoms with E-state index in [1.807, 2.05) is 0 Å². The summed E-state index contributed by atoms with van der Waals surface area (Å²) in [6.07, 6.45) is -0.778. The molecule has 0 fully saturated rings. The van der Waals surface area contributed by atoms with Gasteiger partial charge in [0.2, 0.25) is 0 Å². The SMILES string of the molecule is CC(CO)(CO)NC(=O)OCCO. The number of rotatable bonds is 5. The number of hydrogen-bond donors (Lipinski definition) is 4. The molecule has 0 rings (SSSR count). The third kappa shape index (κ3) is 4.66. The standard InChI is InChI=1S/C7H15NO5/c1-7(4-10,5-11)8-6(12)13-3-2-9/h9-11H,2-5H2,1H3,(H,8,12). The molecule has 0 aromatic carbocycles. The molecule has 0 aromatic heterocycles. The molecule has 0 saturated carbocycles. The molecule has 0 saturated heterocycles. The first kappa shape index (κ1) is 12.2. The zero-order valence-electron chi connectivity index (χ0n) is 7.49. The van der Waals surface area contributed by atoms with Crippen molar-refractivity contribution < 1.29 is 24.9 Å². The first-order valence-electron chi connectivity index (χ1n) is 3.85. The predicted molar refractivity (Wildman–Crippen MR) is 44.1 cm³/mol. The third-order valence-electron chi connectivity index (χ3n) is 1.43. The topological polar surface area (TPSA) is 99.0 Å². The molecule has 0 aromatic rings. The van der Waals surface area contributed by atoms with Crippen LogP contribution in [-0.2, 0) is 4.74 Å². The van der Waals surface area contributed by atoms with E-state index < -0.39 is 24.8 Å². The minimum absolute atomic E-state index is 0.112. The number of amides is 1. The highest BCUT2D eigenvalue weighted by atomic mass is 16.6. The fourth-order valence-corrected chi connectivity index (χ4v) is 0.550. The van der Waals surface area contributed by atoms with E-state index in [-0.39, 0.29) is 13.2 Å². The second kappa shape index (κ2) is 5.74. The summed E-state index contributed by atoms with van der Waals surface area (Å²) in [6.45, 7) is 0.309. The van der Waals surface area contributed by atoms with Crippen molar-refractivity contribution in [2.45, 2.75) is 12.5 Å². The van der Waals surface area contributed by atoms with E-state index in [1.165, 1.54) is 6.92 Å². The summed E-state index contributed by atoms with van der Waals surface area (Å²) in [5.41, 5.74) is -1.09. The van der Waals surface area contributed by atoms with Gasteiger partial charge in [0.05, 0.1) is 25.4 Å². The Morgan fingerprint density at radius 3 is 2.31 bits per heavy atom. The number of alkyl carbamates (subject to hydrolysis) is 1. The third-order valence-corrected chi connectivity index (χ3v) is 1.43. The summed E-state index contributed by atoms with van der Waals surface area (Å²) in [5, 5.41) is 28.1. The minimum Gasteiger partial charge on any atom is -0.447 e. The molecule has 0 atom stereocenters. The van der Waals surface area contributed by atoms with Crippen molar-refractivity contribution in [3.8, 4) is 0 Å². The van der Waals surface area contributed by atoms with Crippen molar-refractivity contribution in [1.29, 1.82) is 0 Å². The first-order valence-corrected chi connectivity index (χ1v) is 3.85. The van der Waals surface area contributed by atoms with Crippen molar-refractivity contribution in [3.05, 3.63) is 0 Å². The van der Waals surface area contributed by atoms with Crippen LogP contribution in [0.15, 0.2) is 0 Å². The molecular weight excluding hydrogens is 178 g/mol. The van der Waals surface area contributed by atoms with Gasteiger partial charge in [0.1, 0.15) is 6.61 Å². The minimum atomic E-state index is -1.09. The first-order chi connectivity index (χ1) is 6.08. The monoisotopic (exact) mass is 193 g/mol. The summed E-state index contributed by atoms with van der Waals surface area (Å²) in [5.74, 6) is 0. The number of nitrogens with one attached hydrogen (secondary N) is 1. The van der Waals surface area contributed by atoms with Crippen molar-refractivity contribution in [3.63, 3.8) is 0 Å². The second-order valence-corrected chi connectivity index (χ2v) is 2.86. The molecule has 13 heavy (non-hydrogen) atoms. The lowest BCUT2D eigenvalue weighted by atomic mass is 10.1. The van der Waals surface area contributed by atoms with Crippen LogP contribution < -0.4 is 5.32 Å². The summed E-state index contributed by atoms with van der Waals surface area (Å²) in [7, 11) is 0. The zero-order chi connectivity index (χ0) is 10.3. The molecular formula is C7H15NO5. The van der Waals surface area contributed by atoms with Gasteiger partial charge in [0, 0.05) is 0 Å². The van der Waals surface area contributed by atoms with Crippen LogP contribution in [0.25, 0.3) is 0 Å². The maximum Gasteiger partial charge on any atom is 0.407 e. The van der Waals surface area contributed by atoms with E-state index in [9.17, 15) is 4.79 Å². The smallest absolute Gasteiger partial charge is 0.407 e. The Bertz CT molecular complexity index is 157. The van der Waals surface area contributed by atoms with Crippen LogP contribution in [0.2, 0.25) is 0 Å². The van der Waals surface area contributed by atoms with Crippen molar-refractivity contribution in [2.24, 2.45) is 0 Å². The number of hydrogen-bond acceptors (Lipinski definition) is 5. The van der Waals surface area contributed by atoms with Gasteiger partial charge in [-0.05, 0) is 6.92 Å². The van der Waals surface area contributed by atoms with E-state index in [4.69, 9.17) is 15.3 Å². The molecule has 0 aliphatic carbocycles. The van der Waals surface area contributed by atoms with Crippen molar-refractivity contribution >= 4 is 6.09 Å². The average Bonchev–Trinajstić information content (AvgIpc) is 2.14. The molecule has 0 aliphatic rings. The van der Waals surface area contributed by atoms with Gasteiger partial charge in [-0.1, -0.05) is 0 Å². The summed E-state index contributed by atoms with van der Waals surface area (Å²) < 4.78 is 4.47.